The summed E-state index contributed by atoms with van der Waals surface area (Å²) < 4.78 is 83.8. The summed E-state index contributed by atoms with van der Waals surface area (Å²) in [6, 6.07) is 8.76. The summed E-state index contributed by atoms with van der Waals surface area (Å²) in [5.74, 6) is -5.32. The van der Waals surface area contributed by atoms with Gasteiger partial charge in [-0.05, 0) is 43.3 Å². The third-order valence-electron chi connectivity index (χ3n) is 3.95. The number of nitrogens with one attached hydrogen (secondary N) is 1. The van der Waals surface area contributed by atoms with E-state index in [2.05, 4.69) is 5.32 Å². The first-order valence-electron chi connectivity index (χ1n) is 7.92. The first-order chi connectivity index (χ1) is 12.6. The van der Waals surface area contributed by atoms with Crippen LogP contribution in [0.2, 0.25) is 0 Å². The predicted molar refractivity (Wildman–Crippen MR) is 94.6 cm³/mol. The fourth-order valence-electron chi connectivity index (χ4n) is 2.35. The van der Waals surface area contributed by atoms with E-state index in [4.69, 9.17) is 4.74 Å². The van der Waals surface area contributed by atoms with E-state index >= 15 is 0 Å². The molecule has 1 N–H and O–H groups in total. The minimum Gasteiger partial charge on any atom is -0.497 e. The predicted octanol–water partition coefficient (Wildman–Crippen LogP) is 4.16. The fourth-order valence-corrected chi connectivity index (χ4v) is 3.84. The first kappa shape index (κ1) is 21.0. The van der Waals surface area contributed by atoms with Crippen molar-refractivity contribution in [3.63, 3.8) is 0 Å². The molecule has 0 saturated carbocycles. The van der Waals surface area contributed by atoms with E-state index in [1.165, 1.54) is 55.6 Å². The Labute approximate surface area is 155 Å². The molecule has 0 amide bonds. The Morgan fingerprint density at radius 2 is 1.59 bits per heavy atom. The Morgan fingerprint density at radius 1 is 1.04 bits per heavy atom. The molecule has 0 aromatic heterocycles. The molecule has 0 saturated heterocycles. The summed E-state index contributed by atoms with van der Waals surface area (Å²) in [4.78, 5) is -0.209. The van der Waals surface area contributed by atoms with Gasteiger partial charge in [-0.2, -0.15) is 8.78 Å². The third-order valence-corrected chi connectivity index (χ3v) is 5.72. The summed E-state index contributed by atoms with van der Waals surface area (Å²) >= 11 is 0. The number of ether oxygens (including phenoxy) is 1. The van der Waals surface area contributed by atoms with Gasteiger partial charge in [0.05, 0.1) is 17.8 Å². The van der Waals surface area contributed by atoms with Crippen molar-refractivity contribution < 1.29 is 30.7 Å². The zero-order valence-electron chi connectivity index (χ0n) is 14.6. The molecule has 2 rings (SSSR count). The summed E-state index contributed by atoms with van der Waals surface area (Å²) in [6.07, 6.45) is -4.03. The number of halogens is 4. The van der Waals surface area contributed by atoms with Gasteiger partial charge in [0.2, 0.25) is 0 Å². The van der Waals surface area contributed by atoms with Gasteiger partial charge in [-0.1, -0.05) is 17.7 Å². The number of methoxy groups -OCH3 is 1. The second-order valence-corrected chi connectivity index (χ2v) is 8.03. The van der Waals surface area contributed by atoms with Gasteiger partial charge in [-0.3, -0.25) is 0 Å². The number of hydrogen-bond donors (Lipinski definition) is 1. The molecule has 0 radical (unpaired) electrons. The van der Waals surface area contributed by atoms with Gasteiger partial charge >= 0.3 is 12.3 Å². The molecule has 0 aliphatic rings. The largest absolute Gasteiger partial charge is 0.497 e. The van der Waals surface area contributed by atoms with E-state index in [-0.39, 0.29) is 10.6 Å². The Morgan fingerprint density at radius 3 is 2.07 bits per heavy atom. The number of rotatable bonds is 8. The number of alkyl halides is 4. The zero-order valence-corrected chi connectivity index (χ0v) is 15.4. The molecule has 1 atom stereocenters. The van der Waals surface area contributed by atoms with Crippen LogP contribution in [-0.2, 0) is 9.84 Å². The molecule has 2 aromatic rings. The third kappa shape index (κ3) is 5.12. The van der Waals surface area contributed by atoms with Crippen molar-refractivity contribution in [1.29, 1.82) is 0 Å². The van der Waals surface area contributed by atoms with Gasteiger partial charge < -0.3 is 10.1 Å². The molecular weight excluding hydrogens is 386 g/mol. The number of anilines is 1. The van der Waals surface area contributed by atoms with Crippen LogP contribution in [0.25, 0.3) is 0 Å². The van der Waals surface area contributed by atoms with Gasteiger partial charge in [0.25, 0.3) is 0 Å². The molecule has 0 unspecified atom stereocenters. The van der Waals surface area contributed by atoms with Gasteiger partial charge in [-0.15, -0.1) is 0 Å². The lowest BCUT2D eigenvalue weighted by Crippen LogP contribution is -2.49. The average molecular weight is 405 g/mol. The zero-order chi connectivity index (χ0) is 20.2. The minimum absolute atomic E-state index is 0.0697. The fraction of sp³-hybridized carbons (Fsp3) is 0.333. The van der Waals surface area contributed by atoms with Gasteiger partial charge in [0.1, 0.15) is 11.8 Å². The Balaban J connectivity index is 2.33. The van der Waals surface area contributed by atoms with Crippen LogP contribution in [-0.4, -0.2) is 39.7 Å². The van der Waals surface area contributed by atoms with E-state index in [9.17, 15) is 26.0 Å². The van der Waals surface area contributed by atoms with Gasteiger partial charge in [0.15, 0.2) is 9.84 Å². The normalized spacial score (nSPS) is 13.4. The molecular formula is C18H19F4NO3S. The van der Waals surface area contributed by atoms with Crippen molar-refractivity contribution in [2.24, 2.45) is 0 Å². The van der Waals surface area contributed by atoms with Crippen molar-refractivity contribution in [1.82, 2.24) is 0 Å². The highest BCUT2D eigenvalue weighted by atomic mass is 32.2. The monoisotopic (exact) mass is 405 g/mol. The van der Waals surface area contributed by atoms with E-state index in [0.717, 1.165) is 5.56 Å². The molecule has 0 aliphatic heterocycles. The lowest BCUT2D eigenvalue weighted by atomic mass is 10.1. The molecule has 2 aromatic carbocycles. The molecule has 4 nitrogen and oxygen atoms in total. The summed E-state index contributed by atoms with van der Waals surface area (Å²) in [5.41, 5.74) is 0.847. The lowest BCUT2D eigenvalue weighted by molar-refractivity contribution is -0.135. The minimum atomic E-state index is -4.56. The lowest BCUT2D eigenvalue weighted by Gasteiger charge is -2.28. The number of benzene rings is 2. The van der Waals surface area contributed by atoms with Crippen LogP contribution in [0.1, 0.15) is 5.56 Å². The topological polar surface area (TPSA) is 55.4 Å². The van der Waals surface area contributed by atoms with E-state index < -0.39 is 34.0 Å². The highest BCUT2D eigenvalue weighted by Crippen LogP contribution is 2.31. The standard InChI is InChI=1S/C18H19F4NO3S/c1-12-3-9-15(10-4-12)27(24,25)11-16(18(21,22)17(19)20)23-13-5-7-14(26-2)8-6-13/h3-10,16-17,23H,11H2,1-2H3/t16-/m0/s1. The highest BCUT2D eigenvalue weighted by Gasteiger charge is 2.50. The SMILES string of the molecule is COc1ccc(N[C@@H](CS(=O)(=O)c2ccc(C)cc2)C(F)(F)C(F)F)cc1. The molecule has 0 heterocycles. The molecule has 27 heavy (non-hydrogen) atoms. The van der Waals surface area contributed by atoms with Crippen LogP contribution in [0.4, 0.5) is 23.2 Å². The van der Waals surface area contributed by atoms with Crippen LogP contribution >= 0.6 is 0 Å². The highest BCUT2D eigenvalue weighted by molar-refractivity contribution is 7.91. The molecule has 0 aliphatic carbocycles. The molecule has 0 bridgehead atoms. The van der Waals surface area contributed by atoms with Gasteiger partial charge in [0, 0.05) is 5.69 Å². The second kappa shape index (κ2) is 8.16. The quantitative estimate of drug-likeness (QED) is 0.670. The van der Waals surface area contributed by atoms with Crippen molar-refractivity contribution in [3.8, 4) is 5.75 Å². The van der Waals surface area contributed by atoms with E-state index in [1.807, 2.05) is 0 Å². The van der Waals surface area contributed by atoms with E-state index in [1.54, 1.807) is 6.92 Å². The smallest absolute Gasteiger partial charge is 0.327 e. The van der Waals surface area contributed by atoms with Crippen LogP contribution in [0.15, 0.2) is 53.4 Å². The van der Waals surface area contributed by atoms with Crippen molar-refractivity contribution in [2.45, 2.75) is 30.2 Å². The van der Waals surface area contributed by atoms with E-state index in [0.29, 0.717) is 5.75 Å². The Hall–Kier alpha value is -2.29. The second-order valence-electron chi connectivity index (χ2n) is 6.00. The maximum absolute atomic E-state index is 14.1. The van der Waals surface area contributed by atoms with Crippen LogP contribution < -0.4 is 10.1 Å². The Bertz CT molecular complexity index is 853. The number of sulfone groups is 1. The number of hydrogen-bond acceptors (Lipinski definition) is 4. The molecule has 0 spiro atoms. The summed E-state index contributed by atoms with van der Waals surface area (Å²) in [7, 11) is -2.82. The Kier molecular flexibility index (Phi) is 6.35. The van der Waals surface area contributed by atoms with Crippen molar-refractivity contribution in [3.05, 3.63) is 54.1 Å². The van der Waals surface area contributed by atoms with Crippen LogP contribution in [0.3, 0.4) is 0 Å². The molecule has 0 fully saturated rings. The molecule has 148 valence electrons. The van der Waals surface area contributed by atoms with Crippen LogP contribution in [0, 0.1) is 6.92 Å². The maximum Gasteiger partial charge on any atom is 0.327 e. The van der Waals surface area contributed by atoms with Crippen molar-refractivity contribution in [2.75, 3.05) is 18.2 Å². The van der Waals surface area contributed by atoms with Crippen LogP contribution in [0.5, 0.6) is 5.75 Å². The van der Waals surface area contributed by atoms with Crippen molar-refractivity contribution >= 4 is 15.5 Å². The summed E-state index contributed by atoms with van der Waals surface area (Å²) in [6.45, 7) is 1.73. The molecule has 9 heteroatoms. The first-order valence-corrected chi connectivity index (χ1v) is 9.57. The van der Waals surface area contributed by atoms with Gasteiger partial charge in [-0.25, -0.2) is 17.2 Å². The average Bonchev–Trinajstić information content (AvgIpc) is 2.61. The summed E-state index contributed by atoms with van der Waals surface area (Å²) in [5, 5.41) is 2.22. The maximum atomic E-state index is 14.1. The number of aryl methyl sites for hydroxylation is 1.